The minimum Gasteiger partial charge on any atom is -0.475 e. The molecule has 0 spiro atoms. The highest BCUT2D eigenvalue weighted by Gasteiger charge is 2.27. The topological polar surface area (TPSA) is 47.9 Å². The zero-order chi connectivity index (χ0) is 11.5. The maximum Gasteiger partial charge on any atom is 0.334 e. The number of aliphatic imine (C=N–C) groups is 1. The van der Waals surface area contributed by atoms with Crippen molar-refractivity contribution in [1.29, 1.82) is 0 Å². The SMILES string of the molecule is COC(=O)C1COC(c2cccc(F)c2)=N1. The minimum absolute atomic E-state index is 0.137. The predicted molar refractivity (Wildman–Crippen MR) is 54.7 cm³/mol. The van der Waals surface area contributed by atoms with Crippen molar-refractivity contribution in [3.63, 3.8) is 0 Å². The van der Waals surface area contributed by atoms with E-state index in [2.05, 4.69) is 9.73 Å². The highest BCUT2D eigenvalue weighted by Crippen LogP contribution is 2.13. The van der Waals surface area contributed by atoms with E-state index in [1.807, 2.05) is 0 Å². The van der Waals surface area contributed by atoms with Gasteiger partial charge in [-0.15, -0.1) is 0 Å². The molecule has 0 radical (unpaired) electrons. The van der Waals surface area contributed by atoms with Gasteiger partial charge >= 0.3 is 5.97 Å². The number of benzene rings is 1. The molecule has 84 valence electrons. The summed E-state index contributed by atoms with van der Waals surface area (Å²) in [5.41, 5.74) is 0.520. The highest BCUT2D eigenvalue weighted by molar-refractivity contribution is 5.97. The monoisotopic (exact) mass is 223 g/mol. The molecule has 5 heteroatoms. The molecule has 1 aromatic carbocycles. The van der Waals surface area contributed by atoms with Crippen molar-refractivity contribution < 1.29 is 18.7 Å². The van der Waals surface area contributed by atoms with Gasteiger partial charge in [-0.25, -0.2) is 14.2 Å². The maximum atomic E-state index is 12.9. The normalized spacial score (nSPS) is 18.9. The van der Waals surface area contributed by atoms with E-state index in [0.29, 0.717) is 5.56 Å². The molecule has 0 N–H and O–H groups in total. The summed E-state index contributed by atoms with van der Waals surface area (Å²) in [5.74, 6) is -0.549. The number of methoxy groups -OCH3 is 1. The summed E-state index contributed by atoms with van der Waals surface area (Å²) in [6.07, 6.45) is 0. The van der Waals surface area contributed by atoms with Gasteiger partial charge in [-0.1, -0.05) is 6.07 Å². The molecule has 0 saturated carbocycles. The lowest BCUT2D eigenvalue weighted by atomic mass is 10.2. The first kappa shape index (κ1) is 10.6. The van der Waals surface area contributed by atoms with E-state index >= 15 is 0 Å². The molecule has 1 aliphatic heterocycles. The molecular weight excluding hydrogens is 213 g/mol. The summed E-state index contributed by atoms with van der Waals surface area (Å²) in [6, 6.07) is 5.21. The number of hydrogen-bond acceptors (Lipinski definition) is 4. The summed E-state index contributed by atoms with van der Waals surface area (Å²) in [7, 11) is 1.29. The fourth-order valence-corrected chi connectivity index (χ4v) is 1.41. The van der Waals surface area contributed by atoms with Gasteiger partial charge in [-0.2, -0.15) is 0 Å². The molecule has 2 rings (SSSR count). The van der Waals surface area contributed by atoms with Gasteiger partial charge in [0.15, 0.2) is 6.04 Å². The van der Waals surface area contributed by atoms with Gasteiger partial charge in [-0.3, -0.25) is 0 Å². The quantitative estimate of drug-likeness (QED) is 0.706. The van der Waals surface area contributed by atoms with Crippen molar-refractivity contribution in [2.75, 3.05) is 13.7 Å². The van der Waals surface area contributed by atoms with Crippen LogP contribution in [0.25, 0.3) is 0 Å². The first-order valence-electron chi connectivity index (χ1n) is 4.75. The van der Waals surface area contributed by atoms with Gasteiger partial charge in [0.25, 0.3) is 0 Å². The lowest BCUT2D eigenvalue weighted by Gasteiger charge is -2.00. The molecule has 0 saturated heterocycles. The fraction of sp³-hybridized carbons (Fsp3) is 0.273. The third kappa shape index (κ3) is 2.03. The minimum atomic E-state index is -0.650. The van der Waals surface area contributed by atoms with Crippen LogP contribution in [0.5, 0.6) is 0 Å². The van der Waals surface area contributed by atoms with Gasteiger partial charge in [0.05, 0.1) is 7.11 Å². The third-order valence-electron chi connectivity index (χ3n) is 2.20. The Morgan fingerprint density at radius 2 is 2.44 bits per heavy atom. The van der Waals surface area contributed by atoms with Crippen LogP contribution in [0.3, 0.4) is 0 Å². The van der Waals surface area contributed by atoms with Crippen molar-refractivity contribution in [3.8, 4) is 0 Å². The summed E-state index contributed by atoms with van der Waals surface area (Å²) < 4.78 is 22.7. The van der Waals surface area contributed by atoms with Gasteiger partial charge in [0.1, 0.15) is 12.4 Å². The van der Waals surface area contributed by atoms with E-state index in [0.717, 1.165) is 0 Å². The van der Waals surface area contributed by atoms with Crippen molar-refractivity contribution in [2.45, 2.75) is 6.04 Å². The first-order chi connectivity index (χ1) is 7.70. The van der Waals surface area contributed by atoms with E-state index in [9.17, 15) is 9.18 Å². The number of carbonyl (C=O) groups excluding carboxylic acids is 1. The van der Waals surface area contributed by atoms with E-state index in [4.69, 9.17) is 4.74 Å². The number of esters is 1. The second-order valence-electron chi connectivity index (χ2n) is 3.29. The van der Waals surface area contributed by atoms with Crippen LogP contribution in [0, 0.1) is 5.82 Å². The number of halogens is 1. The molecule has 1 atom stereocenters. The number of hydrogen-bond donors (Lipinski definition) is 0. The van der Waals surface area contributed by atoms with E-state index in [1.165, 1.54) is 19.2 Å². The zero-order valence-electron chi connectivity index (χ0n) is 8.64. The predicted octanol–water partition coefficient (Wildman–Crippen LogP) is 1.14. The van der Waals surface area contributed by atoms with Crippen LogP contribution in [-0.4, -0.2) is 31.6 Å². The van der Waals surface area contributed by atoms with Gasteiger partial charge in [-0.05, 0) is 18.2 Å². The number of carbonyl (C=O) groups is 1. The Labute approximate surface area is 91.7 Å². The summed E-state index contributed by atoms with van der Waals surface area (Å²) >= 11 is 0. The molecule has 1 aliphatic rings. The fourth-order valence-electron chi connectivity index (χ4n) is 1.41. The lowest BCUT2D eigenvalue weighted by Crippen LogP contribution is -2.21. The first-order valence-corrected chi connectivity index (χ1v) is 4.75. The molecule has 1 aromatic rings. The van der Waals surface area contributed by atoms with Crippen molar-refractivity contribution in [2.24, 2.45) is 4.99 Å². The Kier molecular flexibility index (Phi) is 2.85. The summed E-state index contributed by atoms with van der Waals surface area (Å²) in [6.45, 7) is 0.137. The standard InChI is InChI=1S/C11H10FNO3/c1-15-11(14)9-6-16-10(13-9)7-3-2-4-8(12)5-7/h2-5,9H,6H2,1H3. The number of nitrogens with zero attached hydrogens (tertiary/aromatic N) is 1. The number of ether oxygens (including phenoxy) is 2. The Balaban J connectivity index is 2.21. The van der Waals surface area contributed by atoms with Crippen molar-refractivity contribution >= 4 is 11.9 Å². The molecule has 0 fully saturated rings. The van der Waals surface area contributed by atoms with Crippen LogP contribution in [0.1, 0.15) is 5.56 Å². The summed E-state index contributed by atoms with van der Waals surface area (Å²) in [4.78, 5) is 15.2. The van der Waals surface area contributed by atoms with Gasteiger partial charge in [0.2, 0.25) is 5.90 Å². The van der Waals surface area contributed by atoms with Gasteiger partial charge in [0, 0.05) is 5.56 Å². The van der Waals surface area contributed by atoms with E-state index in [-0.39, 0.29) is 18.3 Å². The second kappa shape index (κ2) is 4.30. The van der Waals surface area contributed by atoms with E-state index in [1.54, 1.807) is 12.1 Å². The van der Waals surface area contributed by atoms with Crippen LogP contribution < -0.4 is 0 Å². The lowest BCUT2D eigenvalue weighted by molar-refractivity contribution is -0.142. The van der Waals surface area contributed by atoms with E-state index < -0.39 is 12.0 Å². The Hall–Kier alpha value is -1.91. The van der Waals surface area contributed by atoms with Crippen LogP contribution in [0.4, 0.5) is 4.39 Å². The van der Waals surface area contributed by atoms with Crippen LogP contribution in [0.15, 0.2) is 29.3 Å². The van der Waals surface area contributed by atoms with Crippen molar-refractivity contribution in [1.82, 2.24) is 0 Å². The molecule has 1 unspecified atom stereocenters. The Bertz CT molecular complexity index is 445. The summed E-state index contributed by atoms with van der Waals surface area (Å²) in [5, 5.41) is 0. The highest BCUT2D eigenvalue weighted by atomic mass is 19.1. The average Bonchev–Trinajstić information content (AvgIpc) is 2.77. The second-order valence-corrected chi connectivity index (χ2v) is 3.29. The maximum absolute atomic E-state index is 12.9. The third-order valence-corrected chi connectivity index (χ3v) is 2.20. The van der Waals surface area contributed by atoms with Crippen molar-refractivity contribution in [3.05, 3.63) is 35.6 Å². The zero-order valence-corrected chi connectivity index (χ0v) is 8.64. The number of rotatable bonds is 2. The Morgan fingerprint density at radius 3 is 3.12 bits per heavy atom. The van der Waals surface area contributed by atoms with Crippen LogP contribution in [-0.2, 0) is 14.3 Å². The molecule has 0 aliphatic carbocycles. The molecule has 1 heterocycles. The largest absolute Gasteiger partial charge is 0.475 e. The Morgan fingerprint density at radius 1 is 1.62 bits per heavy atom. The molecule has 4 nitrogen and oxygen atoms in total. The van der Waals surface area contributed by atoms with Crippen LogP contribution in [0.2, 0.25) is 0 Å². The molecule has 16 heavy (non-hydrogen) atoms. The van der Waals surface area contributed by atoms with Gasteiger partial charge < -0.3 is 9.47 Å². The van der Waals surface area contributed by atoms with Crippen LogP contribution >= 0.6 is 0 Å². The molecule has 0 amide bonds. The molecule has 0 aromatic heterocycles. The molecule has 0 bridgehead atoms. The average molecular weight is 223 g/mol. The smallest absolute Gasteiger partial charge is 0.334 e. The molecular formula is C11H10FNO3.